The fourth-order valence-electron chi connectivity index (χ4n) is 2.43. The van der Waals surface area contributed by atoms with Gasteiger partial charge in [-0.05, 0) is 36.6 Å². The van der Waals surface area contributed by atoms with Crippen molar-refractivity contribution in [2.24, 2.45) is 0 Å². The molecule has 0 aliphatic carbocycles. The third-order valence-electron chi connectivity index (χ3n) is 3.81. The molecule has 0 bridgehead atoms. The molecule has 5 heteroatoms. The summed E-state index contributed by atoms with van der Waals surface area (Å²) in [6.07, 6.45) is -0.720. The van der Waals surface area contributed by atoms with E-state index in [1.165, 1.54) is 7.11 Å². The van der Waals surface area contributed by atoms with E-state index in [1.54, 1.807) is 25.1 Å². The number of amides is 1. The molecule has 1 N–H and O–H groups in total. The van der Waals surface area contributed by atoms with Crippen LogP contribution in [0.2, 0.25) is 0 Å². The number of nitrogens with zero attached hydrogens (tertiary/aromatic N) is 1. The van der Waals surface area contributed by atoms with E-state index in [2.05, 4.69) is 19.2 Å². The fourth-order valence-corrected chi connectivity index (χ4v) is 2.43. The van der Waals surface area contributed by atoms with E-state index in [-0.39, 0.29) is 5.91 Å². The first-order valence-electron chi connectivity index (χ1n) is 8.10. The first kappa shape index (κ1) is 18.3. The van der Waals surface area contributed by atoms with Crippen molar-refractivity contribution in [3.8, 4) is 17.6 Å². The number of carbonyl (C=O) groups excluding carboxylic acids is 1. The van der Waals surface area contributed by atoms with Crippen LogP contribution in [-0.2, 0) is 4.79 Å². The van der Waals surface area contributed by atoms with Gasteiger partial charge in [0.1, 0.15) is 0 Å². The molecule has 2 rings (SSSR count). The summed E-state index contributed by atoms with van der Waals surface area (Å²) in [7, 11) is 1.49. The Kier molecular flexibility index (Phi) is 6.02. The van der Waals surface area contributed by atoms with Crippen molar-refractivity contribution in [1.29, 1.82) is 5.26 Å². The Balaban J connectivity index is 2.13. The van der Waals surface area contributed by atoms with Crippen LogP contribution >= 0.6 is 0 Å². The van der Waals surface area contributed by atoms with Gasteiger partial charge >= 0.3 is 0 Å². The third-order valence-corrected chi connectivity index (χ3v) is 3.81. The molecule has 5 nitrogen and oxygen atoms in total. The lowest BCUT2D eigenvalue weighted by molar-refractivity contribution is -0.122. The normalized spacial score (nSPS) is 11.5. The summed E-state index contributed by atoms with van der Waals surface area (Å²) >= 11 is 0. The van der Waals surface area contributed by atoms with E-state index in [0.717, 1.165) is 11.3 Å². The van der Waals surface area contributed by atoms with Crippen LogP contribution in [0.15, 0.2) is 42.5 Å². The van der Waals surface area contributed by atoms with E-state index < -0.39 is 6.10 Å². The second-order valence-electron chi connectivity index (χ2n) is 5.97. The van der Waals surface area contributed by atoms with E-state index >= 15 is 0 Å². The van der Waals surface area contributed by atoms with Gasteiger partial charge in [-0.15, -0.1) is 0 Å². The van der Waals surface area contributed by atoms with Crippen LogP contribution in [0.4, 0.5) is 5.69 Å². The molecule has 0 fully saturated rings. The molecule has 25 heavy (non-hydrogen) atoms. The van der Waals surface area contributed by atoms with E-state index in [1.807, 2.05) is 30.3 Å². The first-order valence-corrected chi connectivity index (χ1v) is 8.10. The number of rotatable bonds is 6. The van der Waals surface area contributed by atoms with Crippen LogP contribution in [0.3, 0.4) is 0 Å². The topological polar surface area (TPSA) is 71.3 Å². The first-order chi connectivity index (χ1) is 12.0. The predicted molar refractivity (Wildman–Crippen MR) is 97.0 cm³/mol. The molecule has 1 unspecified atom stereocenters. The minimum absolute atomic E-state index is 0.250. The van der Waals surface area contributed by atoms with E-state index in [0.29, 0.717) is 23.0 Å². The maximum atomic E-state index is 12.5. The van der Waals surface area contributed by atoms with Crippen molar-refractivity contribution in [2.45, 2.75) is 32.8 Å². The van der Waals surface area contributed by atoms with Crippen LogP contribution < -0.4 is 14.8 Å². The summed E-state index contributed by atoms with van der Waals surface area (Å²) in [6, 6.07) is 14.6. The maximum Gasteiger partial charge on any atom is 0.265 e. The Hall–Kier alpha value is -3.00. The number of hydrogen-bond donors (Lipinski definition) is 1. The van der Waals surface area contributed by atoms with Gasteiger partial charge in [0.2, 0.25) is 0 Å². The molecule has 130 valence electrons. The highest BCUT2D eigenvalue weighted by atomic mass is 16.5. The van der Waals surface area contributed by atoms with Gasteiger partial charge in [0, 0.05) is 11.8 Å². The lowest BCUT2D eigenvalue weighted by Gasteiger charge is -2.19. The predicted octanol–water partition coefficient (Wildman–Crippen LogP) is 4.10. The van der Waals surface area contributed by atoms with Crippen molar-refractivity contribution in [3.05, 3.63) is 53.6 Å². The van der Waals surface area contributed by atoms with Crippen molar-refractivity contribution in [2.75, 3.05) is 12.4 Å². The second kappa shape index (κ2) is 8.20. The minimum Gasteiger partial charge on any atom is -0.493 e. The average Bonchev–Trinajstić information content (AvgIpc) is 2.62. The Morgan fingerprint density at radius 2 is 1.84 bits per heavy atom. The quantitative estimate of drug-likeness (QED) is 0.861. The molecule has 0 radical (unpaired) electrons. The largest absolute Gasteiger partial charge is 0.493 e. The zero-order valence-corrected chi connectivity index (χ0v) is 14.9. The number of nitriles is 1. The van der Waals surface area contributed by atoms with Crippen molar-refractivity contribution in [3.63, 3.8) is 0 Å². The third kappa shape index (κ3) is 4.51. The molecule has 1 atom stereocenters. The number of carbonyl (C=O) groups is 1. The second-order valence-corrected chi connectivity index (χ2v) is 5.97. The molecule has 0 aliphatic rings. The number of benzene rings is 2. The van der Waals surface area contributed by atoms with Crippen LogP contribution in [0.1, 0.15) is 37.8 Å². The summed E-state index contributed by atoms with van der Waals surface area (Å²) < 4.78 is 11.0. The number of para-hydroxylation sites is 1. The van der Waals surface area contributed by atoms with Crippen LogP contribution in [-0.4, -0.2) is 19.1 Å². The average molecular weight is 338 g/mol. The standard InChI is InChI=1S/C20H22N2O3/c1-13(2)16-7-5-6-8-17(16)22-20(23)14(3)25-18-10-9-15(12-21)11-19(18)24-4/h5-11,13-14H,1-4H3,(H,22,23). The fraction of sp³-hybridized carbons (Fsp3) is 0.300. The van der Waals surface area contributed by atoms with Crippen LogP contribution in [0, 0.1) is 11.3 Å². The van der Waals surface area contributed by atoms with E-state index in [4.69, 9.17) is 14.7 Å². The lowest BCUT2D eigenvalue weighted by atomic mass is 10.0. The van der Waals surface area contributed by atoms with Gasteiger partial charge in [0.25, 0.3) is 5.91 Å². The maximum absolute atomic E-state index is 12.5. The molecule has 0 aromatic heterocycles. The number of methoxy groups -OCH3 is 1. The molecule has 0 aliphatic heterocycles. The Morgan fingerprint density at radius 3 is 2.48 bits per heavy atom. The Morgan fingerprint density at radius 1 is 1.12 bits per heavy atom. The Bertz CT molecular complexity index is 794. The molecule has 0 heterocycles. The van der Waals surface area contributed by atoms with Crippen molar-refractivity contribution in [1.82, 2.24) is 0 Å². The molecule has 1 amide bonds. The summed E-state index contributed by atoms with van der Waals surface area (Å²) in [5.41, 5.74) is 2.32. The SMILES string of the molecule is COc1cc(C#N)ccc1OC(C)C(=O)Nc1ccccc1C(C)C. The highest BCUT2D eigenvalue weighted by molar-refractivity contribution is 5.94. The summed E-state index contributed by atoms with van der Waals surface area (Å²) in [6.45, 7) is 5.82. The number of anilines is 1. The molecule has 0 saturated heterocycles. The van der Waals surface area contributed by atoms with Crippen LogP contribution in [0.5, 0.6) is 11.5 Å². The zero-order chi connectivity index (χ0) is 18.4. The molecule has 0 saturated carbocycles. The lowest BCUT2D eigenvalue weighted by Crippen LogP contribution is -2.30. The molecule has 0 spiro atoms. The van der Waals surface area contributed by atoms with Gasteiger partial charge in [0.05, 0.1) is 18.7 Å². The highest BCUT2D eigenvalue weighted by Crippen LogP contribution is 2.29. The number of nitrogens with one attached hydrogen (secondary N) is 1. The van der Waals surface area contributed by atoms with Gasteiger partial charge in [-0.3, -0.25) is 4.79 Å². The Labute approximate surface area is 148 Å². The number of hydrogen-bond acceptors (Lipinski definition) is 4. The summed E-state index contributed by atoms with van der Waals surface area (Å²) in [4.78, 5) is 12.5. The minimum atomic E-state index is -0.720. The molecular formula is C20H22N2O3. The van der Waals surface area contributed by atoms with Gasteiger partial charge in [0.15, 0.2) is 17.6 Å². The summed E-state index contributed by atoms with van der Waals surface area (Å²) in [5, 5.41) is 11.9. The summed E-state index contributed by atoms with van der Waals surface area (Å²) in [5.74, 6) is 0.883. The molecular weight excluding hydrogens is 316 g/mol. The smallest absolute Gasteiger partial charge is 0.265 e. The van der Waals surface area contributed by atoms with Gasteiger partial charge in [-0.1, -0.05) is 32.0 Å². The monoisotopic (exact) mass is 338 g/mol. The van der Waals surface area contributed by atoms with Gasteiger partial charge in [-0.2, -0.15) is 5.26 Å². The van der Waals surface area contributed by atoms with Crippen molar-refractivity contribution >= 4 is 11.6 Å². The zero-order valence-electron chi connectivity index (χ0n) is 14.9. The number of ether oxygens (including phenoxy) is 2. The molecule has 2 aromatic carbocycles. The molecule has 2 aromatic rings. The van der Waals surface area contributed by atoms with Crippen LogP contribution in [0.25, 0.3) is 0 Å². The van der Waals surface area contributed by atoms with Gasteiger partial charge < -0.3 is 14.8 Å². The van der Waals surface area contributed by atoms with E-state index in [9.17, 15) is 4.79 Å². The highest BCUT2D eigenvalue weighted by Gasteiger charge is 2.19. The van der Waals surface area contributed by atoms with Gasteiger partial charge in [-0.25, -0.2) is 0 Å². The van der Waals surface area contributed by atoms with Crippen molar-refractivity contribution < 1.29 is 14.3 Å².